The molecule has 1 aromatic heterocycles. The molecule has 1 unspecified atom stereocenters. The van der Waals surface area contributed by atoms with Crippen LogP contribution >= 0.6 is 0 Å². The van der Waals surface area contributed by atoms with Gasteiger partial charge in [0.05, 0.1) is 30.4 Å². The van der Waals surface area contributed by atoms with Crippen molar-refractivity contribution in [2.75, 3.05) is 0 Å². The summed E-state index contributed by atoms with van der Waals surface area (Å²) in [6.07, 6.45) is 8.64. The van der Waals surface area contributed by atoms with Gasteiger partial charge < -0.3 is 9.67 Å². The van der Waals surface area contributed by atoms with E-state index in [1.807, 2.05) is 12.5 Å². The van der Waals surface area contributed by atoms with Gasteiger partial charge in [0.2, 0.25) is 0 Å². The van der Waals surface area contributed by atoms with E-state index in [0.29, 0.717) is 5.92 Å². The maximum atomic E-state index is 10.7. The van der Waals surface area contributed by atoms with Gasteiger partial charge in [0, 0.05) is 11.5 Å². The molecule has 3 aliphatic rings. The summed E-state index contributed by atoms with van der Waals surface area (Å²) < 4.78 is 2.27. The first-order chi connectivity index (χ1) is 9.80. The van der Waals surface area contributed by atoms with Gasteiger partial charge >= 0.3 is 0 Å². The van der Waals surface area contributed by atoms with Crippen molar-refractivity contribution in [1.82, 2.24) is 9.55 Å². The number of imidazole rings is 1. The molecule has 1 spiro atoms. The van der Waals surface area contributed by atoms with Crippen LogP contribution in [0.15, 0.2) is 36.8 Å². The number of benzene rings is 1. The first-order valence-corrected chi connectivity index (χ1v) is 7.59. The van der Waals surface area contributed by atoms with Crippen LogP contribution in [0.25, 0.3) is 11.3 Å². The van der Waals surface area contributed by atoms with Gasteiger partial charge in [-0.05, 0) is 30.2 Å². The molecular weight excluding hydrogens is 248 g/mol. The van der Waals surface area contributed by atoms with E-state index in [0.717, 1.165) is 0 Å². The highest BCUT2D eigenvalue weighted by Crippen LogP contribution is 2.63. The summed E-state index contributed by atoms with van der Waals surface area (Å²) in [5, 5.41) is 10.7. The Labute approximate surface area is 118 Å². The van der Waals surface area contributed by atoms with Crippen molar-refractivity contribution in [3.63, 3.8) is 0 Å². The summed E-state index contributed by atoms with van der Waals surface area (Å²) in [6, 6.07) is 8.86. The van der Waals surface area contributed by atoms with Crippen LogP contribution in [-0.4, -0.2) is 20.8 Å². The molecule has 2 aliphatic carbocycles. The van der Waals surface area contributed by atoms with Gasteiger partial charge in [-0.15, -0.1) is 0 Å². The van der Waals surface area contributed by atoms with Gasteiger partial charge in [-0.1, -0.05) is 30.7 Å². The first kappa shape index (κ1) is 11.1. The van der Waals surface area contributed by atoms with E-state index in [1.54, 1.807) is 0 Å². The fraction of sp³-hybridized carbons (Fsp3) is 0.471. The minimum Gasteiger partial charge on any atom is -0.392 e. The van der Waals surface area contributed by atoms with Crippen LogP contribution in [0.4, 0.5) is 0 Å². The summed E-state index contributed by atoms with van der Waals surface area (Å²) in [5.74, 6) is 0.354. The van der Waals surface area contributed by atoms with Gasteiger partial charge in [-0.25, -0.2) is 4.98 Å². The van der Waals surface area contributed by atoms with Gasteiger partial charge in [-0.3, -0.25) is 0 Å². The number of hydrogen-bond acceptors (Lipinski definition) is 2. The molecule has 0 radical (unpaired) electrons. The number of hydrogen-bond donors (Lipinski definition) is 1. The minimum absolute atomic E-state index is 0.136. The van der Waals surface area contributed by atoms with E-state index in [2.05, 4.69) is 33.8 Å². The Hall–Kier alpha value is -1.61. The smallest absolute Gasteiger partial charge is 0.0956 e. The minimum atomic E-state index is -0.136. The first-order valence-electron chi connectivity index (χ1n) is 7.59. The molecule has 2 saturated carbocycles. The Morgan fingerprint density at radius 1 is 1.25 bits per heavy atom. The molecule has 1 N–H and O–H groups in total. The number of nitrogens with zero attached hydrogens (tertiary/aromatic N) is 2. The van der Waals surface area contributed by atoms with Crippen LogP contribution in [-0.2, 0) is 0 Å². The topological polar surface area (TPSA) is 38.1 Å². The maximum Gasteiger partial charge on any atom is 0.0956 e. The third kappa shape index (κ3) is 1.14. The molecule has 0 saturated heterocycles. The van der Waals surface area contributed by atoms with Crippen LogP contribution in [0.1, 0.15) is 37.3 Å². The summed E-state index contributed by atoms with van der Waals surface area (Å²) in [7, 11) is 0. The Bertz CT molecular complexity index is 686. The molecule has 3 heteroatoms. The molecular formula is C17H18N2O. The summed E-state index contributed by atoms with van der Waals surface area (Å²) in [6.45, 7) is 0. The molecule has 2 aromatic rings. The van der Waals surface area contributed by atoms with E-state index in [1.165, 1.54) is 42.5 Å². The van der Waals surface area contributed by atoms with Crippen molar-refractivity contribution in [2.45, 2.75) is 37.8 Å². The highest BCUT2D eigenvalue weighted by atomic mass is 16.3. The zero-order valence-corrected chi connectivity index (χ0v) is 11.4. The standard InChI is InChI=1S/C17H18N2O/c20-16-13(8-17(16)6-3-7-17)15-12-5-2-1-4-11(12)14-9-18-10-19(14)15/h1-2,4-5,9-10,13,15-16,20H,3,6-8H2/t13-,15?,16-/m1/s1. The molecule has 5 rings (SSSR count). The largest absolute Gasteiger partial charge is 0.392 e. The monoisotopic (exact) mass is 266 g/mol. The van der Waals surface area contributed by atoms with Crippen molar-refractivity contribution < 1.29 is 5.11 Å². The zero-order valence-electron chi connectivity index (χ0n) is 11.4. The molecule has 2 fully saturated rings. The lowest BCUT2D eigenvalue weighted by Gasteiger charge is -2.60. The molecule has 3 atom stereocenters. The summed E-state index contributed by atoms with van der Waals surface area (Å²) in [4.78, 5) is 4.31. The third-order valence-corrected chi connectivity index (χ3v) is 5.95. The Morgan fingerprint density at radius 2 is 2.10 bits per heavy atom. The van der Waals surface area contributed by atoms with Crippen molar-refractivity contribution in [3.8, 4) is 11.3 Å². The summed E-state index contributed by atoms with van der Waals surface area (Å²) >= 11 is 0. The number of aromatic nitrogens is 2. The second-order valence-electron chi connectivity index (χ2n) is 6.75. The fourth-order valence-electron chi connectivity index (χ4n) is 4.72. The highest BCUT2D eigenvalue weighted by molar-refractivity contribution is 5.69. The lowest BCUT2D eigenvalue weighted by Crippen LogP contribution is -2.58. The Kier molecular flexibility index (Phi) is 1.96. The van der Waals surface area contributed by atoms with Gasteiger partial charge in [0.1, 0.15) is 0 Å². The number of fused-ring (bicyclic) bond motifs is 3. The molecule has 1 aliphatic heterocycles. The van der Waals surface area contributed by atoms with Crippen molar-refractivity contribution in [3.05, 3.63) is 42.4 Å². The van der Waals surface area contributed by atoms with E-state index >= 15 is 0 Å². The second kappa shape index (κ2) is 3.53. The lowest BCUT2D eigenvalue weighted by molar-refractivity contribution is -0.173. The van der Waals surface area contributed by atoms with Crippen LogP contribution < -0.4 is 0 Å². The average Bonchev–Trinajstić information content (AvgIpc) is 2.98. The second-order valence-corrected chi connectivity index (χ2v) is 6.75. The Balaban J connectivity index is 1.59. The van der Waals surface area contributed by atoms with E-state index in [9.17, 15) is 5.11 Å². The number of aliphatic hydroxyl groups is 1. The van der Waals surface area contributed by atoms with E-state index in [4.69, 9.17) is 0 Å². The van der Waals surface area contributed by atoms with Gasteiger partial charge in [0.25, 0.3) is 0 Å². The average molecular weight is 266 g/mol. The van der Waals surface area contributed by atoms with Crippen LogP contribution in [0, 0.1) is 11.3 Å². The van der Waals surface area contributed by atoms with Gasteiger partial charge in [0.15, 0.2) is 0 Å². The third-order valence-electron chi connectivity index (χ3n) is 5.95. The molecule has 0 bridgehead atoms. The fourth-order valence-corrected chi connectivity index (χ4v) is 4.72. The predicted octanol–water partition coefficient (Wildman–Crippen LogP) is 3.00. The Morgan fingerprint density at radius 3 is 2.85 bits per heavy atom. The van der Waals surface area contributed by atoms with E-state index < -0.39 is 0 Å². The normalized spacial score (nSPS) is 32.4. The van der Waals surface area contributed by atoms with Crippen LogP contribution in [0.2, 0.25) is 0 Å². The predicted molar refractivity (Wildman–Crippen MR) is 76.2 cm³/mol. The molecule has 1 aromatic carbocycles. The zero-order chi connectivity index (χ0) is 13.3. The highest BCUT2D eigenvalue weighted by Gasteiger charge is 2.59. The van der Waals surface area contributed by atoms with Crippen molar-refractivity contribution >= 4 is 0 Å². The van der Waals surface area contributed by atoms with Crippen molar-refractivity contribution in [2.24, 2.45) is 11.3 Å². The quantitative estimate of drug-likeness (QED) is 0.861. The van der Waals surface area contributed by atoms with Crippen LogP contribution in [0.3, 0.4) is 0 Å². The SMILES string of the molecule is O[C@@H]1[C@@H](C2c3ccccc3-c3cncn32)CC12CCC2. The molecule has 20 heavy (non-hydrogen) atoms. The summed E-state index contributed by atoms with van der Waals surface area (Å²) in [5.41, 5.74) is 4.12. The van der Waals surface area contributed by atoms with Crippen molar-refractivity contribution in [1.29, 1.82) is 0 Å². The van der Waals surface area contributed by atoms with E-state index in [-0.39, 0.29) is 17.6 Å². The molecule has 102 valence electrons. The number of aliphatic hydroxyl groups excluding tert-OH is 1. The molecule has 0 amide bonds. The molecule has 3 nitrogen and oxygen atoms in total. The molecule has 2 heterocycles. The van der Waals surface area contributed by atoms with Gasteiger partial charge in [-0.2, -0.15) is 0 Å². The number of rotatable bonds is 1. The lowest BCUT2D eigenvalue weighted by atomic mass is 9.48. The maximum absolute atomic E-state index is 10.7. The van der Waals surface area contributed by atoms with Crippen LogP contribution in [0.5, 0.6) is 0 Å².